The van der Waals surface area contributed by atoms with Crippen LogP contribution in [0.2, 0.25) is 5.02 Å². The second-order valence-electron chi connectivity index (χ2n) is 4.71. The number of rotatable bonds is 4. The fourth-order valence-corrected chi connectivity index (χ4v) is 1.94. The van der Waals surface area contributed by atoms with E-state index in [0.29, 0.717) is 5.56 Å². The number of nitrogens with zero attached hydrogens (tertiary/aromatic N) is 1. The van der Waals surface area contributed by atoms with Gasteiger partial charge in [0.25, 0.3) is 17.4 Å². The van der Waals surface area contributed by atoms with Gasteiger partial charge >= 0.3 is 0 Å². The second kappa shape index (κ2) is 8.07. The zero-order valence-electron chi connectivity index (χ0n) is 12.3. The van der Waals surface area contributed by atoms with Gasteiger partial charge in [-0.3, -0.25) is 25.2 Å². The number of hydrogen-bond donors (Lipinski definition) is 2. The van der Waals surface area contributed by atoms with E-state index in [4.69, 9.17) is 11.6 Å². The van der Waals surface area contributed by atoms with Crippen LogP contribution in [0.4, 0.5) is 4.39 Å². The summed E-state index contributed by atoms with van der Waals surface area (Å²) in [4.78, 5) is 34.7. The molecule has 8 heteroatoms. The van der Waals surface area contributed by atoms with Gasteiger partial charge in [-0.25, -0.2) is 4.39 Å². The van der Waals surface area contributed by atoms with Crippen LogP contribution in [0.15, 0.2) is 53.5 Å². The Balaban J connectivity index is 1.85. The predicted octanol–water partition coefficient (Wildman–Crippen LogP) is 1.50. The van der Waals surface area contributed by atoms with E-state index >= 15 is 0 Å². The average Bonchev–Trinajstić information content (AvgIpc) is 2.56. The summed E-state index contributed by atoms with van der Waals surface area (Å²) < 4.78 is 14.2. The minimum atomic E-state index is -0.593. The number of benzene rings is 1. The molecular weight excluding hydrogens is 337 g/mol. The maximum atomic E-state index is 13.0. The fraction of sp³-hybridized carbons (Fsp3) is 0.0625. The Labute approximate surface area is 141 Å². The lowest BCUT2D eigenvalue weighted by Gasteiger charge is -2.07. The number of carbonyl (C=O) groups is 2. The largest absolute Gasteiger partial charge is 0.306 e. The molecule has 0 bridgehead atoms. The minimum absolute atomic E-state index is 0.0563. The van der Waals surface area contributed by atoms with Gasteiger partial charge in [0, 0.05) is 18.3 Å². The first-order valence-corrected chi connectivity index (χ1v) is 7.21. The Morgan fingerprint density at radius 2 is 2.00 bits per heavy atom. The Morgan fingerprint density at radius 1 is 1.21 bits per heavy atom. The molecule has 6 nitrogen and oxygen atoms in total. The van der Waals surface area contributed by atoms with Crippen molar-refractivity contribution in [1.29, 1.82) is 0 Å². The number of hydrogen-bond acceptors (Lipinski definition) is 3. The molecule has 0 unspecified atom stereocenters. The van der Waals surface area contributed by atoms with Crippen molar-refractivity contribution in [1.82, 2.24) is 15.4 Å². The van der Waals surface area contributed by atoms with Crippen molar-refractivity contribution in [3.8, 4) is 0 Å². The van der Waals surface area contributed by atoms with Crippen molar-refractivity contribution < 1.29 is 14.0 Å². The summed E-state index contributed by atoms with van der Waals surface area (Å²) in [5.74, 6) is -1.71. The summed E-state index contributed by atoms with van der Waals surface area (Å²) in [7, 11) is 0. The highest BCUT2D eigenvalue weighted by Crippen LogP contribution is 2.16. The zero-order chi connectivity index (χ0) is 17.5. The summed E-state index contributed by atoms with van der Waals surface area (Å²) in [6, 6.07) is 8.49. The van der Waals surface area contributed by atoms with Crippen LogP contribution in [-0.4, -0.2) is 16.4 Å². The molecule has 0 saturated carbocycles. The van der Waals surface area contributed by atoms with Gasteiger partial charge in [0.1, 0.15) is 12.4 Å². The lowest BCUT2D eigenvalue weighted by molar-refractivity contribution is -0.127. The van der Waals surface area contributed by atoms with E-state index in [2.05, 4.69) is 10.9 Å². The number of halogens is 2. The van der Waals surface area contributed by atoms with Crippen LogP contribution in [0, 0.1) is 5.82 Å². The summed E-state index contributed by atoms with van der Waals surface area (Å²) in [5.41, 5.74) is 4.55. The van der Waals surface area contributed by atoms with Crippen molar-refractivity contribution in [2.24, 2.45) is 0 Å². The van der Waals surface area contributed by atoms with E-state index in [9.17, 15) is 18.8 Å². The number of pyridine rings is 1. The molecule has 0 spiro atoms. The first kappa shape index (κ1) is 17.4. The summed E-state index contributed by atoms with van der Waals surface area (Å²) in [6.45, 7) is -0.225. The van der Waals surface area contributed by atoms with Crippen molar-refractivity contribution in [2.45, 2.75) is 6.54 Å². The highest BCUT2D eigenvalue weighted by atomic mass is 35.5. The summed E-state index contributed by atoms with van der Waals surface area (Å²) in [5, 5.41) is -0.0563. The van der Waals surface area contributed by atoms with E-state index in [-0.39, 0.29) is 17.1 Å². The Kier molecular flexibility index (Phi) is 5.86. The van der Waals surface area contributed by atoms with Crippen LogP contribution in [0.1, 0.15) is 5.56 Å². The minimum Gasteiger partial charge on any atom is -0.306 e. The van der Waals surface area contributed by atoms with Crippen molar-refractivity contribution >= 4 is 29.5 Å². The maximum absolute atomic E-state index is 13.0. The van der Waals surface area contributed by atoms with Gasteiger partial charge in [0.15, 0.2) is 0 Å². The van der Waals surface area contributed by atoms with Crippen LogP contribution in [0.5, 0.6) is 0 Å². The zero-order valence-corrected chi connectivity index (χ0v) is 13.1. The Morgan fingerprint density at radius 3 is 2.71 bits per heavy atom. The van der Waals surface area contributed by atoms with E-state index in [1.54, 1.807) is 12.1 Å². The first-order chi connectivity index (χ1) is 11.5. The van der Waals surface area contributed by atoms with E-state index in [1.165, 1.54) is 41.1 Å². The smallest absolute Gasteiger partial charge is 0.262 e. The molecule has 0 radical (unpaired) electrons. The van der Waals surface area contributed by atoms with Crippen molar-refractivity contribution in [2.75, 3.05) is 0 Å². The second-order valence-corrected chi connectivity index (χ2v) is 5.12. The molecule has 0 atom stereocenters. The normalized spacial score (nSPS) is 10.6. The standard InChI is InChI=1S/C16H13ClFN3O3/c17-12-9-11(4-6-13(12)18)5-7-14(22)19-20-15(23)10-21-8-2-1-3-16(21)24/h1-9H,10H2,(H,19,22)(H,20,23)/b7-5+. The van der Waals surface area contributed by atoms with Crippen LogP contribution in [-0.2, 0) is 16.1 Å². The van der Waals surface area contributed by atoms with Crippen LogP contribution in [0.3, 0.4) is 0 Å². The molecule has 0 saturated heterocycles. The number of aromatic nitrogens is 1. The molecule has 0 aliphatic rings. The Hall–Kier alpha value is -2.93. The highest BCUT2D eigenvalue weighted by molar-refractivity contribution is 6.30. The van der Waals surface area contributed by atoms with Crippen molar-refractivity contribution in [3.63, 3.8) is 0 Å². The molecule has 0 fully saturated rings. The van der Waals surface area contributed by atoms with Crippen LogP contribution in [0.25, 0.3) is 6.08 Å². The number of carbonyl (C=O) groups excluding carboxylic acids is 2. The molecule has 24 heavy (non-hydrogen) atoms. The van der Waals surface area contributed by atoms with E-state index in [0.717, 1.165) is 6.08 Å². The molecule has 2 aromatic rings. The van der Waals surface area contributed by atoms with Crippen molar-refractivity contribution in [3.05, 3.63) is 75.4 Å². The number of hydrazine groups is 1. The van der Waals surface area contributed by atoms with Gasteiger partial charge in [-0.15, -0.1) is 0 Å². The van der Waals surface area contributed by atoms with Gasteiger partial charge in [-0.2, -0.15) is 0 Å². The van der Waals surface area contributed by atoms with Gasteiger partial charge in [0.05, 0.1) is 5.02 Å². The summed E-state index contributed by atoms with van der Waals surface area (Å²) >= 11 is 5.63. The molecule has 2 amide bonds. The molecule has 1 aromatic heterocycles. The molecule has 2 N–H and O–H groups in total. The predicted molar refractivity (Wildman–Crippen MR) is 87.4 cm³/mol. The highest BCUT2D eigenvalue weighted by Gasteiger charge is 2.04. The first-order valence-electron chi connectivity index (χ1n) is 6.83. The maximum Gasteiger partial charge on any atom is 0.262 e. The summed E-state index contributed by atoms with van der Waals surface area (Å²) in [6.07, 6.45) is 4.02. The lowest BCUT2D eigenvalue weighted by atomic mass is 10.2. The fourth-order valence-electron chi connectivity index (χ4n) is 1.75. The van der Waals surface area contributed by atoms with Crippen LogP contribution >= 0.6 is 11.6 Å². The average molecular weight is 350 g/mol. The molecular formula is C16H13ClFN3O3. The lowest BCUT2D eigenvalue weighted by Crippen LogP contribution is -2.43. The molecule has 2 rings (SSSR count). The third-order valence-corrected chi connectivity index (χ3v) is 3.20. The molecule has 124 valence electrons. The SMILES string of the molecule is O=C(/C=C/c1ccc(F)c(Cl)c1)NNC(=O)Cn1ccccc1=O. The topological polar surface area (TPSA) is 80.2 Å². The van der Waals surface area contributed by atoms with Gasteiger partial charge < -0.3 is 4.57 Å². The molecule has 0 aliphatic heterocycles. The molecule has 0 aliphatic carbocycles. The number of nitrogens with one attached hydrogen (secondary N) is 2. The Bertz CT molecular complexity index is 848. The molecule has 1 aromatic carbocycles. The van der Waals surface area contributed by atoms with E-state index in [1.807, 2.05) is 0 Å². The van der Waals surface area contributed by atoms with E-state index < -0.39 is 17.6 Å². The monoisotopic (exact) mass is 349 g/mol. The number of amides is 2. The van der Waals surface area contributed by atoms with Gasteiger partial charge in [-0.1, -0.05) is 23.7 Å². The third kappa shape index (κ3) is 5.06. The molecule has 1 heterocycles. The quantitative estimate of drug-likeness (QED) is 0.648. The van der Waals surface area contributed by atoms with Gasteiger partial charge in [0.2, 0.25) is 0 Å². The third-order valence-electron chi connectivity index (χ3n) is 2.91. The van der Waals surface area contributed by atoms with Gasteiger partial charge in [-0.05, 0) is 29.8 Å². The van der Waals surface area contributed by atoms with Crippen LogP contribution < -0.4 is 16.4 Å².